The Morgan fingerprint density at radius 3 is 2.70 bits per heavy atom. The number of fused-ring (bicyclic) bond motifs is 1. The third-order valence-corrected chi connectivity index (χ3v) is 8.05. The number of hydrogen-bond acceptors (Lipinski definition) is 7. The van der Waals surface area contributed by atoms with Gasteiger partial charge in [0.15, 0.2) is 0 Å². The van der Waals surface area contributed by atoms with Crippen molar-refractivity contribution in [2.45, 2.75) is 57.1 Å². The molecule has 2 atom stereocenters. The van der Waals surface area contributed by atoms with Gasteiger partial charge in [-0.1, -0.05) is 49.2 Å². The Hall–Kier alpha value is -4.14. The molecule has 0 saturated heterocycles. The molecule has 8 heteroatoms. The highest BCUT2D eigenvalue weighted by Gasteiger charge is 2.35. The summed E-state index contributed by atoms with van der Waals surface area (Å²) >= 11 is 0. The van der Waals surface area contributed by atoms with Gasteiger partial charge in [-0.05, 0) is 92.3 Å². The number of benzene rings is 3. The van der Waals surface area contributed by atoms with Gasteiger partial charge in [0.25, 0.3) is 5.91 Å². The molecule has 8 nitrogen and oxygen atoms in total. The van der Waals surface area contributed by atoms with E-state index in [1.165, 1.54) is 23.3 Å². The number of aliphatic hydroxyl groups excluding tert-OH is 1. The van der Waals surface area contributed by atoms with Gasteiger partial charge < -0.3 is 30.9 Å². The Morgan fingerprint density at radius 2 is 1.88 bits per heavy atom. The number of carbonyl (C=O) groups excluding carboxylic acids is 2. The molecule has 5 N–H and O–H groups in total. The lowest BCUT2D eigenvalue weighted by Gasteiger charge is -2.27. The topological polar surface area (TPSA) is 120 Å². The summed E-state index contributed by atoms with van der Waals surface area (Å²) in [4.78, 5) is 23.9. The molecule has 2 unspecified atom stereocenters. The fourth-order valence-electron chi connectivity index (χ4n) is 5.71. The Balaban J connectivity index is 1.14. The maximum atomic E-state index is 13.1. The molecule has 0 fully saturated rings. The minimum Gasteiger partial charge on any atom is -0.506 e. The molecule has 1 amide bonds. The standard InChI is InChI=1S/C35H43N3O5/c1-35(19-18-25-11-5-6-15-30(25)35)38-34(42)26-12-9-13-27(23-26)43-22-8-4-3-7-20-37-24-32(41)28-16-17-31(40)33(36-2)29(28)14-10-21-39/h5-6,9-17,21,23,32,36-37,40-41H,3-4,7-8,18-20,22,24H2,1-2H3,(H,38,42)/b14-10-. The van der Waals surface area contributed by atoms with Crippen LogP contribution in [0.5, 0.6) is 11.5 Å². The zero-order valence-electron chi connectivity index (χ0n) is 25.1. The summed E-state index contributed by atoms with van der Waals surface area (Å²) in [5, 5.41) is 30.3. The normalized spacial score (nSPS) is 16.5. The lowest BCUT2D eigenvalue weighted by Crippen LogP contribution is -2.41. The van der Waals surface area contributed by atoms with Crippen LogP contribution in [0.1, 0.15) is 77.7 Å². The summed E-state index contributed by atoms with van der Waals surface area (Å²) < 4.78 is 5.94. The summed E-state index contributed by atoms with van der Waals surface area (Å²) in [5.41, 5.74) is 4.41. The second-order valence-corrected chi connectivity index (χ2v) is 11.2. The number of nitrogens with one attached hydrogen (secondary N) is 3. The number of allylic oxidation sites excluding steroid dienone is 1. The highest BCUT2D eigenvalue weighted by Crippen LogP contribution is 2.37. The Morgan fingerprint density at radius 1 is 1.07 bits per heavy atom. The molecule has 3 aromatic rings. The van der Waals surface area contributed by atoms with Crippen LogP contribution in [0.4, 0.5) is 5.69 Å². The quantitative estimate of drug-likeness (QED) is 0.0652. The van der Waals surface area contributed by atoms with Crippen LogP contribution < -0.4 is 20.7 Å². The molecule has 0 radical (unpaired) electrons. The minimum atomic E-state index is -0.790. The molecule has 0 spiro atoms. The van der Waals surface area contributed by atoms with Crippen molar-refractivity contribution in [2.75, 3.05) is 32.1 Å². The molecular formula is C35H43N3O5. The summed E-state index contributed by atoms with van der Waals surface area (Å²) in [7, 11) is 1.68. The average Bonchev–Trinajstić information content (AvgIpc) is 3.35. The van der Waals surface area contributed by atoms with Gasteiger partial charge in [0.05, 0.1) is 23.9 Å². The largest absolute Gasteiger partial charge is 0.506 e. The fourth-order valence-corrected chi connectivity index (χ4v) is 5.71. The predicted molar refractivity (Wildman–Crippen MR) is 171 cm³/mol. The lowest BCUT2D eigenvalue weighted by molar-refractivity contribution is -0.104. The van der Waals surface area contributed by atoms with Gasteiger partial charge in [-0.3, -0.25) is 9.59 Å². The van der Waals surface area contributed by atoms with Crippen LogP contribution >= 0.6 is 0 Å². The van der Waals surface area contributed by atoms with Crippen LogP contribution in [0.3, 0.4) is 0 Å². The van der Waals surface area contributed by atoms with Crippen molar-refractivity contribution in [2.24, 2.45) is 0 Å². The molecule has 0 aromatic heterocycles. The molecule has 4 rings (SSSR count). The summed E-state index contributed by atoms with van der Waals surface area (Å²) in [5.74, 6) is 0.654. The van der Waals surface area contributed by atoms with Crippen molar-refractivity contribution >= 4 is 24.0 Å². The average molecular weight is 586 g/mol. The number of aromatic hydroxyl groups is 1. The van der Waals surface area contributed by atoms with Crippen molar-refractivity contribution in [1.82, 2.24) is 10.6 Å². The van der Waals surface area contributed by atoms with Crippen LogP contribution in [0.2, 0.25) is 0 Å². The molecule has 0 saturated carbocycles. The highest BCUT2D eigenvalue weighted by molar-refractivity contribution is 5.95. The lowest BCUT2D eigenvalue weighted by atomic mass is 9.93. The molecule has 0 heterocycles. The van der Waals surface area contributed by atoms with E-state index in [4.69, 9.17) is 4.74 Å². The van der Waals surface area contributed by atoms with E-state index in [2.05, 4.69) is 35.0 Å². The number of hydrogen-bond donors (Lipinski definition) is 5. The number of anilines is 1. The van der Waals surface area contributed by atoms with Gasteiger partial charge >= 0.3 is 0 Å². The highest BCUT2D eigenvalue weighted by atomic mass is 16.5. The van der Waals surface area contributed by atoms with Crippen LogP contribution in [0, 0.1) is 0 Å². The maximum Gasteiger partial charge on any atom is 0.252 e. The first kappa shape index (κ1) is 31.8. The second-order valence-electron chi connectivity index (χ2n) is 11.2. The number of aliphatic hydroxyl groups is 1. The SMILES string of the molecule is CNc1c(O)ccc(C(O)CNCCCCCCOc2cccc(C(=O)NC3(C)CCc4ccccc43)c2)c1/C=C\C=O. The van der Waals surface area contributed by atoms with E-state index in [9.17, 15) is 19.8 Å². The van der Waals surface area contributed by atoms with Crippen molar-refractivity contribution in [3.05, 3.63) is 94.6 Å². The van der Waals surface area contributed by atoms with Gasteiger partial charge in [0.2, 0.25) is 0 Å². The molecule has 1 aliphatic carbocycles. The van der Waals surface area contributed by atoms with E-state index in [0.29, 0.717) is 47.6 Å². The summed E-state index contributed by atoms with van der Waals surface area (Å²) in [6, 6.07) is 18.9. The third kappa shape index (κ3) is 8.24. The second kappa shape index (κ2) is 15.4. The van der Waals surface area contributed by atoms with Gasteiger partial charge in [-0.2, -0.15) is 0 Å². The monoisotopic (exact) mass is 585 g/mol. The van der Waals surface area contributed by atoms with Gasteiger partial charge in [0.1, 0.15) is 17.8 Å². The predicted octanol–water partition coefficient (Wildman–Crippen LogP) is 5.50. The molecular weight excluding hydrogens is 542 g/mol. The smallest absolute Gasteiger partial charge is 0.252 e. The number of amides is 1. The van der Waals surface area contributed by atoms with E-state index in [0.717, 1.165) is 45.1 Å². The van der Waals surface area contributed by atoms with Crippen LogP contribution in [0.25, 0.3) is 6.08 Å². The van der Waals surface area contributed by atoms with E-state index >= 15 is 0 Å². The number of rotatable bonds is 16. The van der Waals surface area contributed by atoms with E-state index < -0.39 is 6.10 Å². The number of carbonyl (C=O) groups is 2. The van der Waals surface area contributed by atoms with Gasteiger partial charge in [0, 0.05) is 24.7 Å². The van der Waals surface area contributed by atoms with Gasteiger partial charge in [-0.25, -0.2) is 0 Å². The first-order chi connectivity index (χ1) is 20.9. The third-order valence-electron chi connectivity index (χ3n) is 8.05. The minimum absolute atomic E-state index is 0.0550. The molecule has 3 aromatic carbocycles. The molecule has 0 bridgehead atoms. The number of aldehydes is 1. The number of aryl methyl sites for hydroxylation is 1. The summed E-state index contributed by atoms with van der Waals surface area (Å²) in [6.45, 7) is 3.78. The number of unbranched alkanes of at least 4 members (excludes halogenated alkanes) is 3. The Kier molecular flexibility index (Phi) is 11.4. The van der Waals surface area contributed by atoms with Crippen LogP contribution in [-0.2, 0) is 16.8 Å². The van der Waals surface area contributed by atoms with E-state index in [1.54, 1.807) is 19.2 Å². The molecule has 0 aliphatic heterocycles. The number of phenolic OH excluding ortho intramolecular Hbond substituents is 1. The first-order valence-corrected chi connectivity index (χ1v) is 15.0. The Labute approximate surface area is 254 Å². The van der Waals surface area contributed by atoms with Crippen LogP contribution in [0.15, 0.2) is 66.7 Å². The summed E-state index contributed by atoms with van der Waals surface area (Å²) in [6.07, 6.45) is 8.54. The van der Waals surface area contributed by atoms with Gasteiger partial charge in [-0.15, -0.1) is 0 Å². The first-order valence-electron chi connectivity index (χ1n) is 15.0. The van der Waals surface area contributed by atoms with Crippen molar-refractivity contribution < 1.29 is 24.5 Å². The maximum absolute atomic E-state index is 13.1. The fraction of sp³-hybridized carbons (Fsp3) is 0.371. The molecule has 228 valence electrons. The van der Waals surface area contributed by atoms with Crippen molar-refractivity contribution in [3.8, 4) is 11.5 Å². The zero-order valence-corrected chi connectivity index (χ0v) is 25.1. The number of phenols is 1. The number of ether oxygens (including phenoxy) is 1. The van der Waals surface area contributed by atoms with E-state index in [1.807, 2.05) is 36.4 Å². The molecule has 1 aliphatic rings. The molecule has 43 heavy (non-hydrogen) atoms. The van der Waals surface area contributed by atoms with E-state index in [-0.39, 0.29) is 17.2 Å². The zero-order chi connectivity index (χ0) is 30.7. The van der Waals surface area contributed by atoms with Crippen molar-refractivity contribution in [3.63, 3.8) is 0 Å². The van der Waals surface area contributed by atoms with Crippen LogP contribution in [-0.4, -0.2) is 49.2 Å². The Bertz CT molecular complexity index is 1420. The van der Waals surface area contributed by atoms with Crippen molar-refractivity contribution in [1.29, 1.82) is 0 Å².